The van der Waals surface area contributed by atoms with E-state index >= 15 is 0 Å². The van der Waals surface area contributed by atoms with Gasteiger partial charge in [0, 0.05) is 25.3 Å². The first-order valence-electron chi connectivity index (χ1n) is 8.94. The van der Waals surface area contributed by atoms with E-state index in [9.17, 15) is 4.79 Å². The zero-order valence-electron chi connectivity index (χ0n) is 15.7. The number of hydrogen-bond acceptors (Lipinski definition) is 3. The number of rotatable bonds is 8. The van der Waals surface area contributed by atoms with Gasteiger partial charge in [-0.05, 0) is 25.2 Å². The summed E-state index contributed by atoms with van der Waals surface area (Å²) in [6.07, 6.45) is 1.04. The van der Waals surface area contributed by atoms with Crippen molar-refractivity contribution < 1.29 is 9.53 Å². The minimum atomic E-state index is -0.681. The van der Waals surface area contributed by atoms with Crippen molar-refractivity contribution in [1.82, 2.24) is 4.90 Å². The predicted molar refractivity (Wildman–Crippen MR) is 102 cm³/mol. The molecule has 25 heavy (non-hydrogen) atoms. The Morgan fingerprint density at radius 2 is 1.60 bits per heavy atom. The molecule has 0 aromatic heterocycles. The largest absolute Gasteiger partial charge is 0.453 e. The van der Waals surface area contributed by atoms with Gasteiger partial charge >= 0.3 is 5.97 Å². The number of benzene rings is 2. The molecule has 3 heteroatoms. The zero-order valence-corrected chi connectivity index (χ0v) is 15.7. The maximum Gasteiger partial charge on any atom is 0.306 e. The SMILES string of the molecule is CCC(=O)OC(Cc1ccccc1)(c1ccccc1)[C@@H](C)CN(C)C. The van der Waals surface area contributed by atoms with E-state index in [0.29, 0.717) is 12.8 Å². The van der Waals surface area contributed by atoms with Crippen LogP contribution in [0.2, 0.25) is 0 Å². The lowest BCUT2D eigenvalue weighted by Crippen LogP contribution is -2.44. The smallest absolute Gasteiger partial charge is 0.306 e. The Balaban J connectivity index is 2.53. The van der Waals surface area contributed by atoms with Gasteiger partial charge in [0.15, 0.2) is 0 Å². The molecule has 1 unspecified atom stereocenters. The Hall–Kier alpha value is -2.13. The molecule has 0 saturated heterocycles. The molecule has 0 fully saturated rings. The van der Waals surface area contributed by atoms with Crippen molar-refractivity contribution in [2.24, 2.45) is 5.92 Å². The second-order valence-corrected chi connectivity index (χ2v) is 6.91. The third-order valence-electron chi connectivity index (χ3n) is 4.59. The van der Waals surface area contributed by atoms with Crippen LogP contribution in [0.4, 0.5) is 0 Å². The van der Waals surface area contributed by atoms with Crippen LogP contribution in [0, 0.1) is 5.92 Å². The van der Waals surface area contributed by atoms with Gasteiger partial charge in [-0.3, -0.25) is 4.79 Å². The molecule has 3 nitrogen and oxygen atoms in total. The molecule has 0 bridgehead atoms. The Morgan fingerprint density at radius 3 is 2.12 bits per heavy atom. The number of hydrogen-bond donors (Lipinski definition) is 0. The summed E-state index contributed by atoms with van der Waals surface area (Å²) in [5.41, 5.74) is 1.54. The first kappa shape index (κ1) is 19.2. The highest BCUT2D eigenvalue weighted by atomic mass is 16.6. The molecule has 0 amide bonds. The van der Waals surface area contributed by atoms with Gasteiger partial charge in [0.05, 0.1) is 0 Å². The van der Waals surface area contributed by atoms with Crippen LogP contribution in [0.25, 0.3) is 0 Å². The van der Waals surface area contributed by atoms with Gasteiger partial charge in [0.1, 0.15) is 5.60 Å². The number of esters is 1. The summed E-state index contributed by atoms with van der Waals surface area (Å²) in [4.78, 5) is 14.5. The van der Waals surface area contributed by atoms with E-state index in [1.165, 1.54) is 5.56 Å². The zero-order chi connectivity index (χ0) is 18.3. The van der Waals surface area contributed by atoms with Gasteiger partial charge in [-0.15, -0.1) is 0 Å². The summed E-state index contributed by atoms with van der Waals surface area (Å²) in [7, 11) is 4.10. The molecule has 0 spiro atoms. The van der Waals surface area contributed by atoms with Gasteiger partial charge in [-0.25, -0.2) is 0 Å². The van der Waals surface area contributed by atoms with Crippen LogP contribution < -0.4 is 0 Å². The lowest BCUT2D eigenvalue weighted by molar-refractivity contribution is -0.168. The lowest BCUT2D eigenvalue weighted by atomic mass is 9.77. The molecule has 0 aliphatic rings. The predicted octanol–water partition coefficient (Wildman–Crippen LogP) is 4.28. The number of carbonyl (C=O) groups is 1. The summed E-state index contributed by atoms with van der Waals surface area (Å²) < 4.78 is 6.17. The van der Waals surface area contributed by atoms with Crippen molar-refractivity contribution in [1.29, 1.82) is 0 Å². The van der Waals surface area contributed by atoms with E-state index in [1.54, 1.807) is 0 Å². The van der Waals surface area contributed by atoms with E-state index in [2.05, 4.69) is 50.2 Å². The molecule has 134 valence electrons. The molecular formula is C22H29NO2. The van der Waals surface area contributed by atoms with Gasteiger partial charge in [-0.2, -0.15) is 0 Å². The summed E-state index contributed by atoms with van der Waals surface area (Å²) >= 11 is 0. The Morgan fingerprint density at radius 1 is 1.04 bits per heavy atom. The average Bonchev–Trinajstić information content (AvgIpc) is 2.62. The van der Waals surface area contributed by atoms with Crippen molar-refractivity contribution in [3.05, 3.63) is 71.8 Å². The van der Waals surface area contributed by atoms with E-state index in [4.69, 9.17) is 4.74 Å². The molecule has 0 saturated carbocycles. The second-order valence-electron chi connectivity index (χ2n) is 6.91. The van der Waals surface area contributed by atoms with Crippen LogP contribution in [0.1, 0.15) is 31.4 Å². The van der Waals surface area contributed by atoms with Gasteiger partial charge in [-0.1, -0.05) is 74.5 Å². The van der Waals surface area contributed by atoms with Crippen LogP contribution in [0.3, 0.4) is 0 Å². The summed E-state index contributed by atoms with van der Waals surface area (Å²) in [6.45, 7) is 4.84. The Kier molecular flexibility index (Phi) is 6.77. The molecule has 0 heterocycles. The van der Waals surface area contributed by atoms with Gasteiger partial charge in [0.2, 0.25) is 0 Å². The second kappa shape index (κ2) is 8.82. The summed E-state index contributed by atoms with van der Waals surface area (Å²) in [6, 6.07) is 20.4. The highest BCUT2D eigenvalue weighted by molar-refractivity contribution is 5.69. The molecule has 0 aliphatic carbocycles. The van der Waals surface area contributed by atoms with Crippen LogP contribution in [-0.2, 0) is 21.6 Å². The first-order chi connectivity index (χ1) is 12.0. The molecule has 0 aliphatic heterocycles. The molecular weight excluding hydrogens is 310 g/mol. The van der Waals surface area contributed by atoms with Crippen molar-refractivity contribution >= 4 is 5.97 Å². The fourth-order valence-corrected chi connectivity index (χ4v) is 3.35. The van der Waals surface area contributed by atoms with Crippen LogP contribution >= 0.6 is 0 Å². The van der Waals surface area contributed by atoms with Crippen LogP contribution in [-0.4, -0.2) is 31.5 Å². The fourth-order valence-electron chi connectivity index (χ4n) is 3.35. The van der Waals surface area contributed by atoms with E-state index < -0.39 is 5.60 Å². The first-order valence-corrected chi connectivity index (χ1v) is 8.94. The number of carbonyl (C=O) groups excluding carboxylic acids is 1. The molecule has 0 N–H and O–H groups in total. The fraction of sp³-hybridized carbons (Fsp3) is 0.409. The third kappa shape index (κ3) is 4.93. The summed E-state index contributed by atoms with van der Waals surface area (Å²) in [5, 5.41) is 0. The average molecular weight is 339 g/mol. The minimum absolute atomic E-state index is 0.139. The highest BCUT2D eigenvalue weighted by Crippen LogP contribution is 2.38. The van der Waals surface area contributed by atoms with Gasteiger partial charge in [0.25, 0.3) is 0 Å². The summed E-state index contributed by atoms with van der Waals surface area (Å²) in [5.74, 6) is -0.0222. The molecule has 2 aromatic rings. The van der Waals surface area contributed by atoms with E-state index in [-0.39, 0.29) is 11.9 Å². The van der Waals surface area contributed by atoms with Crippen molar-refractivity contribution in [3.63, 3.8) is 0 Å². The van der Waals surface area contributed by atoms with Crippen molar-refractivity contribution in [2.75, 3.05) is 20.6 Å². The molecule has 2 rings (SSSR count). The highest BCUT2D eigenvalue weighted by Gasteiger charge is 2.42. The maximum atomic E-state index is 12.3. The van der Waals surface area contributed by atoms with Crippen LogP contribution in [0.15, 0.2) is 60.7 Å². The quantitative estimate of drug-likeness (QED) is 0.673. The molecule has 0 radical (unpaired) electrons. The number of nitrogens with zero attached hydrogens (tertiary/aromatic N) is 1. The standard InChI is InChI=1S/C22H29NO2/c1-5-21(24)25-22(18(2)17-23(3)4,20-14-10-7-11-15-20)16-19-12-8-6-9-13-19/h6-15,18H,5,16-17H2,1-4H3/t18-,22?/m0/s1. The molecule has 2 atom stereocenters. The molecule has 2 aromatic carbocycles. The normalized spacial score (nSPS) is 14.8. The lowest BCUT2D eigenvalue weighted by Gasteiger charge is -2.40. The van der Waals surface area contributed by atoms with Crippen molar-refractivity contribution in [2.45, 2.75) is 32.3 Å². The minimum Gasteiger partial charge on any atom is -0.453 e. The van der Waals surface area contributed by atoms with E-state index in [0.717, 1.165) is 12.1 Å². The Bertz CT molecular complexity index is 654. The van der Waals surface area contributed by atoms with Crippen LogP contribution in [0.5, 0.6) is 0 Å². The number of ether oxygens (including phenoxy) is 1. The Labute approximate surface area is 151 Å². The topological polar surface area (TPSA) is 29.5 Å². The monoisotopic (exact) mass is 339 g/mol. The maximum absolute atomic E-state index is 12.3. The van der Waals surface area contributed by atoms with Gasteiger partial charge < -0.3 is 9.64 Å². The van der Waals surface area contributed by atoms with E-state index in [1.807, 2.05) is 43.3 Å². The van der Waals surface area contributed by atoms with Crippen molar-refractivity contribution in [3.8, 4) is 0 Å². The third-order valence-corrected chi connectivity index (χ3v) is 4.59.